The molecule has 4 rings (SSSR count). The summed E-state index contributed by atoms with van der Waals surface area (Å²) in [6.07, 6.45) is 1.36. The molecule has 0 aromatic rings. The van der Waals surface area contributed by atoms with Crippen molar-refractivity contribution in [2.24, 2.45) is 0 Å². The van der Waals surface area contributed by atoms with Crippen molar-refractivity contribution in [2.45, 2.75) is 77.2 Å². The van der Waals surface area contributed by atoms with Gasteiger partial charge in [0.25, 0.3) is 0 Å². The van der Waals surface area contributed by atoms with Crippen molar-refractivity contribution in [1.82, 2.24) is 24.5 Å². The Labute approximate surface area is 167 Å². The second-order valence-corrected chi connectivity index (χ2v) is 11.5. The van der Waals surface area contributed by atoms with E-state index in [-0.39, 0.29) is 0 Å². The van der Waals surface area contributed by atoms with Crippen LogP contribution >= 0.6 is 0 Å². The lowest BCUT2D eigenvalue weighted by atomic mass is 9.93. The molecule has 4 aliphatic rings. The number of hydrogen-bond acceptors (Lipinski definition) is 5. The van der Waals surface area contributed by atoms with Gasteiger partial charge in [0.05, 0.1) is 0 Å². The van der Waals surface area contributed by atoms with Gasteiger partial charge >= 0.3 is 0 Å². The highest BCUT2D eigenvalue weighted by molar-refractivity contribution is 5.01. The average molecular weight is 378 g/mol. The van der Waals surface area contributed by atoms with Gasteiger partial charge in [-0.1, -0.05) is 0 Å². The molecule has 4 saturated heterocycles. The normalized spacial score (nSPS) is 32.0. The predicted octanol–water partition coefficient (Wildman–Crippen LogP) is 1.64. The van der Waals surface area contributed by atoms with Gasteiger partial charge in [0, 0.05) is 94.7 Å². The minimum absolute atomic E-state index is 0.329. The molecule has 0 bridgehead atoms. The van der Waals surface area contributed by atoms with Crippen molar-refractivity contribution < 1.29 is 0 Å². The van der Waals surface area contributed by atoms with Crippen molar-refractivity contribution >= 4 is 0 Å². The molecule has 0 aliphatic carbocycles. The van der Waals surface area contributed by atoms with Crippen LogP contribution in [-0.2, 0) is 0 Å². The van der Waals surface area contributed by atoms with Crippen LogP contribution in [0.2, 0.25) is 0 Å². The number of rotatable bonds is 3. The quantitative estimate of drug-likeness (QED) is 0.741. The maximum Gasteiger partial charge on any atom is 0.0352 e. The summed E-state index contributed by atoms with van der Waals surface area (Å²) >= 11 is 0. The lowest BCUT2D eigenvalue weighted by molar-refractivity contribution is -0.0835. The van der Waals surface area contributed by atoms with Crippen LogP contribution in [-0.4, -0.2) is 119 Å². The van der Waals surface area contributed by atoms with Crippen molar-refractivity contribution in [2.75, 3.05) is 65.4 Å². The molecule has 0 saturated carbocycles. The Balaban J connectivity index is 1.16. The van der Waals surface area contributed by atoms with Gasteiger partial charge < -0.3 is 0 Å². The molecule has 4 fully saturated rings. The van der Waals surface area contributed by atoms with E-state index in [4.69, 9.17) is 0 Å². The Morgan fingerprint density at radius 1 is 0.481 bits per heavy atom. The van der Waals surface area contributed by atoms with Gasteiger partial charge in [-0.05, 0) is 48.0 Å². The Kier molecular flexibility index (Phi) is 5.39. The zero-order valence-corrected chi connectivity index (χ0v) is 18.7. The number of likely N-dealkylation sites (tertiary alicyclic amines) is 3. The zero-order chi connectivity index (χ0) is 19.4. The lowest BCUT2D eigenvalue weighted by Gasteiger charge is -2.57. The maximum atomic E-state index is 2.78. The van der Waals surface area contributed by atoms with Crippen molar-refractivity contribution in [3.8, 4) is 0 Å². The fourth-order valence-corrected chi connectivity index (χ4v) is 5.37. The average Bonchev–Trinajstić information content (AvgIpc) is 2.97. The summed E-state index contributed by atoms with van der Waals surface area (Å²) in [6.45, 7) is 26.9. The number of piperazine rings is 1. The monoisotopic (exact) mass is 377 g/mol. The van der Waals surface area contributed by atoms with Crippen LogP contribution in [0.15, 0.2) is 0 Å². The molecule has 0 spiro atoms. The van der Waals surface area contributed by atoms with Crippen LogP contribution in [0.3, 0.4) is 0 Å². The molecule has 0 radical (unpaired) electrons. The van der Waals surface area contributed by atoms with E-state index in [1.54, 1.807) is 0 Å². The first-order valence-electron chi connectivity index (χ1n) is 11.3. The maximum absolute atomic E-state index is 2.78. The molecule has 4 heterocycles. The van der Waals surface area contributed by atoms with E-state index in [0.29, 0.717) is 11.1 Å². The molecule has 1 atom stereocenters. The SMILES string of the molecule is CC(C)(C)N1CCC(N2CCN(C3CN(C4CN(C(C)(C)C)C4)C3)CC2)C1. The van der Waals surface area contributed by atoms with Gasteiger partial charge in [0.2, 0.25) is 0 Å². The molecule has 0 amide bonds. The number of nitrogens with zero attached hydrogens (tertiary/aromatic N) is 5. The molecule has 0 aromatic heterocycles. The standard InChI is InChI=1S/C22H43N5/c1-21(2,3)26-8-7-18(15-26)23-9-11-24(12-10-23)19-13-25(14-19)20-16-27(17-20)22(4,5)6/h18-20H,7-17H2,1-6H3. The van der Waals surface area contributed by atoms with E-state index >= 15 is 0 Å². The smallest absolute Gasteiger partial charge is 0.0352 e. The fourth-order valence-electron chi connectivity index (χ4n) is 5.37. The van der Waals surface area contributed by atoms with Crippen LogP contribution in [0.25, 0.3) is 0 Å². The summed E-state index contributed by atoms with van der Waals surface area (Å²) in [5, 5.41) is 0. The minimum Gasteiger partial charge on any atom is -0.297 e. The molecule has 5 heteroatoms. The molecule has 0 aromatic carbocycles. The van der Waals surface area contributed by atoms with Gasteiger partial charge in [-0.25, -0.2) is 0 Å². The summed E-state index contributed by atoms with van der Waals surface area (Å²) < 4.78 is 0. The minimum atomic E-state index is 0.329. The first-order chi connectivity index (χ1) is 12.6. The predicted molar refractivity (Wildman–Crippen MR) is 113 cm³/mol. The molecule has 156 valence electrons. The second kappa shape index (κ2) is 7.24. The Morgan fingerprint density at radius 2 is 0.926 bits per heavy atom. The first kappa shape index (κ1) is 20.1. The van der Waals surface area contributed by atoms with E-state index in [2.05, 4.69) is 66.0 Å². The summed E-state index contributed by atoms with van der Waals surface area (Å²) in [6, 6.07) is 2.44. The third kappa shape index (κ3) is 4.23. The molecule has 1 unspecified atom stereocenters. The molecule has 0 N–H and O–H groups in total. The Bertz CT molecular complexity index is 502. The topological polar surface area (TPSA) is 16.2 Å². The Morgan fingerprint density at radius 3 is 1.41 bits per heavy atom. The highest BCUT2D eigenvalue weighted by atomic mass is 15.4. The third-order valence-electron chi connectivity index (χ3n) is 7.71. The van der Waals surface area contributed by atoms with E-state index < -0.39 is 0 Å². The van der Waals surface area contributed by atoms with E-state index in [1.165, 1.54) is 71.9 Å². The van der Waals surface area contributed by atoms with Crippen LogP contribution in [0.5, 0.6) is 0 Å². The largest absolute Gasteiger partial charge is 0.297 e. The molecule has 27 heavy (non-hydrogen) atoms. The highest BCUT2D eigenvalue weighted by Gasteiger charge is 2.44. The van der Waals surface area contributed by atoms with Crippen molar-refractivity contribution in [3.05, 3.63) is 0 Å². The third-order valence-corrected chi connectivity index (χ3v) is 7.71. The lowest BCUT2D eigenvalue weighted by Crippen LogP contribution is -2.72. The van der Waals surface area contributed by atoms with Gasteiger partial charge in [0.15, 0.2) is 0 Å². The van der Waals surface area contributed by atoms with Crippen LogP contribution < -0.4 is 0 Å². The summed E-state index contributed by atoms with van der Waals surface area (Å²) in [5.74, 6) is 0. The number of hydrogen-bond donors (Lipinski definition) is 0. The van der Waals surface area contributed by atoms with Gasteiger partial charge in [-0.2, -0.15) is 0 Å². The molecule has 5 nitrogen and oxygen atoms in total. The van der Waals surface area contributed by atoms with Crippen LogP contribution in [0.1, 0.15) is 48.0 Å². The zero-order valence-electron chi connectivity index (χ0n) is 18.7. The fraction of sp³-hybridized carbons (Fsp3) is 1.00. The van der Waals surface area contributed by atoms with Gasteiger partial charge in [-0.15, -0.1) is 0 Å². The highest BCUT2D eigenvalue weighted by Crippen LogP contribution is 2.29. The summed E-state index contributed by atoms with van der Waals surface area (Å²) in [5.41, 5.74) is 0.677. The van der Waals surface area contributed by atoms with Crippen molar-refractivity contribution in [1.29, 1.82) is 0 Å². The van der Waals surface area contributed by atoms with Gasteiger partial charge in [0.1, 0.15) is 0 Å². The first-order valence-corrected chi connectivity index (χ1v) is 11.3. The second-order valence-electron chi connectivity index (χ2n) is 11.5. The van der Waals surface area contributed by atoms with Crippen LogP contribution in [0, 0.1) is 0 Å². The molecular formula is C22H43N5. The molecule has 4 aliphatic heterocycles. The van der Waals surface area contributed by atoms with E-state index in [0.717, 1.165) is 18.1 Å². The van der Waals surface area contributed by atoms with E-state index in [1.807, 2.05) is 0 Å². The summed E-state index contributed by atoms with van der Waals surface area (Å²) in [7, 11) is 0. The van der Waals surface area contributed by atoms with Crippen molar-refractivity contribution in [3.63, 3.8) is 0 Å². The summed E-state index contributed by atoms with van der Waals surface area (Å²) in [4.78, 5) is 13.6. The van der Waals surface area contributed by atoms with Gasteiger partial charge in [-0.3, -0.25) is 24.5 Å². The van der Waals surface area contributed by atoms with E-state index in [9.17, 15) is 0 Å². The molecular weight excluding hydrogens is 334 g/mol. The Hall–Kier alpha value is -0.200. The van der Waals surface area contributed by atoms with Crippen LogP contribution in [0.4, 0.5) is 0 Å².